The van der Waals surface area contributed by atoms with E-state index < -0.39 is 5.66 Å². The zero-order valence-corrected chi connectivity index (χ0v) is 17.6. The van der Waals surface area contributed by atoms with E-state index in [9.17, 15) is 9.59 Å². The van der Waals surface area contributed by atoms with Crippen molar-refractivity contribution in [2.75, 3.05) is 14.2 Å². The summed E-state index contributed by atoms with van der Waals surface area (Å²) >= 11 is 0. The molecule has 1 N–H and O–H groups in total. The van der Waals surface area contributed by atoms with E-state index in [1.54, 1.807) is 69.0 Å². The molecule has 2 aliphatic rings. The van der Waals surface area contributed by atoms with Crippen molar-refractivity contribution in [1.82, 2.24) is 10.2 Å². The van der Waals surface area contributed by atoms with E-state index in [1.165, 1.54) is 4.90 Å². The Hall–Kier alpha value is -3.87. The van der Waals surface area contributed by atoms with Crippen LogP contribution in [-0.2, 0) is 11.2 Å². The van der Waals surface area contributed by atoms with E-state index in [-0.39, 0.29) is 18.2 Å². The van der Waals surface area contributed by atoms with Gasteiger partial charge in [-0.2, -0.15) is 0 Å². The first kappa shape index (κ1) is 20.4. The van der Waals surface area contributed by atoms with E-state index in [2.05, 4.69) is 5.32 Å². The molecule has 4 rings (SSSR count). The van der Waals surface area contributed by atoms with E-state index in [1.807, 2.05) is 19.1 Å². The summed E-state index contributed by atoms with van der Waals surface area (Å²) in [5, 5.41) is 2.90. The Balaban J connectivity index is 1.79. The van der Waals surface area contributed by atoms with Crippen molar-refractivity contribution < 1.29 is 19.1 Å². The molecule has 2 aromatic rings. The summed E-state index contributed by atoms with van der Waals surface area (Å²) < 4.78 is 10.8. The summed E-state index contributed by atoms with van der Waals surface area (Å²) in [7, 11) is 3.13. The van der Waals surface area contributed by atoms with Gasteiger partial charge in [-0.15, -0.1) is 0 Å². The van der Waals surface area contributed by atoms with Gasteiger partial charge in [0.2, 0.25) is 5.66 Å². The standard InChI is InChI=1S/C24H23N3O4/c1-16-8-7-13-27-21(16)25-24(23(27)29,26-22(28)17-9-5-4-6-10-17)15-18-14-19(30-2)11-12-20(18)31-3/h4-14H,15H2,1-3H3,(H,26,28)/t24-/m1/s1. The van der Waals surface area contributed by atoms with Gasteiger partial charge in [-0.1, -0.05) is 24.3 Å². The molecule has 0 spiro atoms. The largest absolute Gasteiger partial charge is 0.497 e. The Kier molecular flexibility index (Phi) is 5.33. The molecule has 7 nitrogen and oxygen atoms in total. The molecule has 0 aromatic heterocycles. The third-order valence-corrected chi connectivity index (χ3v) is 5.32. The number of nitrogens with one attached hydrogen (secondary N) is 1. The van der Waals surface area contributed by atoms with Gasteiger partial charge in [-0.25, -0.2) is 4.99 Å². The number of rotatable bonds is 6. The van der Waals surface area contributed by atoms with Crippen LogP contribution in [0.1, 0.15) is 22.8 Å². The van der Waals surface area contributed by atoms with Crippen molar-refractivity contribution in [2.45, 2.75) is 19.0 Å². The summed E-state index contributed by atoms with van der Waals surface area (Å²) in [6, 6.07) is 14.1. The smallest absolute Gasteiger partial charge is 0.281 e. The van der Waals surface area contributed by atoms with Crippen LogP contribution in [-0.4, -0.2) is 42.4 Å². The van der Waals surface area contributed by atoms with Gasteiger partial charge in [-0.3, -0.25) is 14.5 Å². The lowest BCUT2D eigenvalue weighted by Gasteiger charge is -2.27. The highest BCUT2D eigenvalue weighted by atomic mass is 16.5. The first-order valence-corrected chi connectivity index (χ1v) is 9.85. The van der Waals surface area contributed by atoms with Crippen molar-refractivity contribution in [3.8, 4) is 11.5 Å². The maximum absolute atomic E-state index is 13.6. The number of nitrogens with zero attached hydrogens (tertiary/aromatic N) is 2. The molecule has 0 aliphatic carbocycles. The minimum absolute atomic E-state index is 0.103. The number of amidine groups is 1. The Morgan fingerprint density at radius 2 is 1.90 bits per heavy atom. The number of methoxy groups -OCH3 is 2. The quantitative estimate of drug-likeness (QED) is 0.783. The molecule has 0 saturated carbocycles. The fourth-order valence-corrected chi connectivity index (χ4v) is 3.73. The maximum Gasteiger partial charge on any atom is 0.281 e. The van der Waals surface area contributed by atoms with Gasteiger partial charge in [0.05, 0.1) is 14.2 Å². The third kappa shape index (κ3) is 3.70. The molecule has 2 heterocycles. The predicted molar refractivity (Wildman–Crippen MR) is 117 cm³/mol. The summed E-state index contributed by atoms with van der Waals surface area (Å²) in [5.41, 5.74) is 0.453. The molecular formula is C24H23N3O4. The fraction of sp³-hybridized carbons (Fsp3) is 0.208. The molecule has 2 aliphatic heterocycles. The lowest BCUT2D eigenvalue weighted by molar-refractivity contribution is -0.130. The highest BCUT2D eigenvalue weighted by Gasteiger charge is 2.50. The number of fused-ring (bicyclic) bond motifs is 1. The average Bonchev–Trinajstić information content (AvgIpc) is 3.07. The Morgan fingerprint density at radius 1 is 1.13 bits per heavy atom. The zero-order valence-electron chi connectivity index (χ0n) is 17.6. The molecule has 1 atom stereocenters. The highest BCUT2D eigenvalue weighted by Crippen LogP contribution is 2.34. The Morgan fingerprint density at radius 3 is 2.58 bits per heavy atom. The summed E-state index contributed by atoms with van der Waals surface area (Å²) in [4.78, 5) is 32.9. The Bertz CT molecular complexity index is 1120. The molecule has 0 bridgehead atoms. The van der Waals surface area contributed by atoms with Crippen molar-refractivity contribution in [2.24, 2.45) is 4.99 Å². The van der Waals surface area contributed by atoms with Gasteiger partial charge in [0, 0.05) is 23.7 Å². The van der Waals surface area contributed by atoms with Crippen LogP contribution in [0.15, 0.2) is 77.4 Å². The molecule has 0 radical (unpaired) electrons. The lowest BCUT2D eigenvalue weighted by Crippen LogP contribution is -2.55. The predicted octanol–water partition coefficient (Wildman–Crippen LogP) is 3.09. The van der Waals surface area contributed by atoms with Crippen LogP contribution < -0.4 is 14.8 Å². The van der Waals surface area contributed by atoms with Crippen molar-refractivity contribution in [3.05, 3.63) is 83.6 Å². The average molecular weight is 417 g/mol. The van der Waals surface area contributed by atoms with Crippen LogP contribution >= 0.6 is 0 Å². The van der Waals surface area contributed by atoms with Crippen LogP contribution in [0.5, 0.6) is 11.5 Å². The van der Waals surface area contributed by atoms with E-state index >= 15 is 0 Å². The molecule has 0 saturated heterocycles. The molecule has 31 heavy (non-hydrogen) atoms. The molecule has 7 heteroatoms. The highest BCUT2D eigenvalue weighted by molar-refractivity contribution is 6.17. The Labute approximate surface area is 180 Å². The third-order valence-electron chi connectivity index (χ3n) is 5.32. The van der Waals surface area contributed by atoms with Crippen LogP contribution in [0.25, 0.3) is 0 Å². The summed E-state index contributed by atoms with van der Waals surface area (Å²) in [6.45, 7) is 1.88. The first-order chi connectivity index (χ1) is 15.0. The number of benzene rings is 2. The molecule has 0 fully saturated rings. The van der Waals surface area contributed by atoms with Gasteiger partial charge >= 0.3 is 0 Å². The van der Waals surface area contributed by atoms with Crippen molar-refractivity contribution in [3.63, 3.8) is 0 Å². The molecule has 2 amide bonds. The van der Waals surface area contributed by atoms with E-state index in [0.29, 0.717) is 28.5 Å². The van der Waals surface area contributed by atoms with Crippen LogP contribution in [0.2, 0.25) is 0 Å². The summed E-state index contributed by atoms with van der Waals surface area (Å²) in [5.74, 6) is 0.996. The number of ether oxygens (including phenoxy) is 2. The second kappa shape index (κ2) is 8.10. The lowest BCUT2D eigenvalue weighted by atomic mass is 9.97. The number of carbonyl (C=O) groups is 2. The number of hydrogen-bond acceptors (Lipinski definition) is 5. The molecule has 2 aromatic carbocycles. The normalized spacial score (nSPS) is 19.5. The topological polar surface area (TPSA) is 80.2 Å². The maximum atomic E-state index is 13.6. The minimum atomic E-state index is -1.52. The monoisotopic (exact) mass is 417 g/mol. The molecule has 158 valence electrons. The zero-order chi connectivity index (χ0) is 22.0. The van der Waals surface area contributed by atoms with Crippen LogP contribution in [0.3, 0.4) is 0 Å². The second-order valence-corrected chi connectivity index (χ2v) is 7.34. The number of hydrogen-bond donors (Lipinski definition) is 1. The SMILES string of the molecule is COc1ccc(OC)c(C[C@]2(NC(=O)c3ccccc3)N=C3C(C)=CC=CN3C2=O)c1. The van der Waals surface area contributed by atoms with Gasteiger partial charge in [0.15, 0.2) is 0 Å². The van der Waals surface area contributed by atoms with E-state index in [0.717, 1.165) is 5.57 Å². The first-order valence-electron chi connectivity index (χ1n) is 9.85. The van der Waals surface area contributed by atoms with Gasteiger partial charge < -0.3 is 14.8 Å². The number of allylic oxidation sites excluding steroid dienone is 2. The van der Waals surface area contributed by atoms with Crippen LogP contribution in [0.4, 0.5) is 0 Å². The fourth-order valence-electron chi connectivity index (χ4n) is 3.73. The number of aliphatic imine (C=N–C) groups is 1. The minimum Gasteiger partial charge on any atom is -0.497 e. The van der Waals surface area contributed by atoms with Crippen LogP contribution in [0, 0.1) is 0 Å². The van der Waals surface area contributed by atoms with Gasteiger partial charge in [0.1, 0.15) is 17.3 Å². The second-order valence-electron chi connectivity index (χ2n) is 7.34. The number of amides is 2. The van der Waals surface area contributed by atoms with Gasteiger partial charge in [0.25, 0.3) is 11.8 Å². The van der Waals surface area contributed by atoms with E-state index in [4.69, 9.17) is 14.5 Å². The number of carbonyl (C=O) groups excluding carboxylic acids is 2. The summed E-state index contributed by atoms with van der Waals surface area (Å²) in [6.07, 6.45) is 5.43. The van der Waals surface area contributed by atoms with Gasteiger partial charge in [-0.05, 0) is 48.9 Å². The molecular weight excluding hydrogens is 394 g/mol. The molecule has 0 unspecified atom stereocenters. The van der Waals surface area contributed by atoms with Crippen molar-refractivity contribution >= 4 is 17.6 Å². The van der Waals surface area contributed by atoms with Crippen molar-refractivity contribution in [1.29, 1.82) is 0 Å².